The van der Waals surface area contributed by atoms with Crippen LogP contribution < -0.4 is 0 Å². The number of aryl methyl sites for hydroxylation is 1. The number of rotatable bonds is 6. The summed E-state index contributed by atoms with van der Waals surface area (Å²) in [6.07, 6.45) is -3.67. The topological polar surface area (TPSA) is 88.2 Å². The van der Waals surface area contributed by atoms with E-state index >= 15 is 0 Å². The molecule has 0 aliphatic heterocycles. The van der Waals surface area contributed by atoms with Gasteiger partial charge in [0.05, 0.1) is 5.56 Å². The number of aromatic hydroxyl groups is 1. The van der Waals surface area contributed by atoms with Gasteiger partial charge in [0.15, 0.2) is 0 Å². The average molecular weight is 464 g/mol. The highest BCUT2D eigenvalue weighted by Crippen LogP contribution is 2.43. The Bertz CT molecular complexity index is 1190. The van der Waals surface area contributed by atoms with E-state index in [1.165, 1.54) is 6.07 Å². The van der Waals surface area contributed by atoms with Gasteiger partial charge in [-0.3, -0.25) is 4.79 Å². The van der Waals surface area contributed by atoms with Crippen molar-refractivity contribution >= 4 is 17.0 Å². The third kappa shape index (κ3) is 5.64. The maximum Gasteiger partial charge on any atom is 0.416 e. The van der Waals surface area contributed by atoms with E-state index in [-0.39, 0.29) is 40.7 Å². The predicted molar refractivity (Wildman–Crippen MR) is 119 cm³/mol. The highest BCUT2D eigenvalue weighted by molar-refractivity contribution is 5.75. The van der Waals surface area contributed by atoms with Crippen LogP contribution in [0.2, 0.25) is 0 Å². The molecule has 2 aromatic carbocycles. The van der Waals surface area contributed by atoms with Crippen molar-refractivity contribution in [2.75, 3.05) is 0 Å². The van der Waals surface area contributed by atoms with Crippen LogP contribution in [-0.4, -0.2) is 31.2 Å². The molecule has 1 aromatic heterocycles. The van der Waals surface area contributed by atoms with Gasteiger partial charge < -0.3 is 10.2 Å². The molecule has 9 heteroatoms. The van der Waals surface area contributed by atoms with Crippen LogP contribution >= 0.6 is 0 Å². The molecule has 1 heterocycles. The molecule has 0 unspecified atom stereocenters. The van der Waals surface area contributed by atoms with Crippen molar-refractivity contribution in [2.45, 2.75) is 65.5 Å². The highest BCUT2D eigenvalue weighted by atomic mass is 19.4. The van der Waals surface area contributed by atoms with Crippen molar-refractivity contribution < 1.29 is 28.2 Å². The summed E-state index contributed by atoms with van der Waals surface area (Å²) in [7, 11) is 0. The number of hydrogen-bond acceptors (Lipinski definition) is 4. The van der Waals surface area contributed by atoms with Crippen molar-refractivity contribution in [3.63, 3.8) is 0 Å². The summed E-state index contributed by atoms with van der Waals surface area (Å²) < 4.78 is 39.3. The number of aromatic nitrogens is 3. The van der Waals surface area contributed by atoms with Crippen LogP contribution in [0.4, 0.5) is 13.2 Å². The highest BCUT2D eigenvalue weighted by Gasteiger charge is 2.33. The van der Waals surface area contributed by atoms with Crippen molar-refractivity contribution in [3.8, 4) is 11.4 Å². The van der Waals surface area contributed by atoms with Gasteiger partial charge in [0.25, 0.3) is 0 Å². The van der Waals surface area contributed by atoms with Gasteiger partial charge in [0, 0.05) is 12.0 Å². The number of alkyl halides is 3. The van der Waals surface area contributed by atoms with Gasteiger partial charge in [0.2, 0.25) is 0 Å². The van der Waals surface area contributed by atoms with Gasteiger partial charge in [0.1, 0.15) is 22.5 Å². The van der Waals surface area contributed by atoms with E-state index in [9.17, 15) is 23.1 Å². The number of hydrogen-bond donors (Lipinski definition) is 2. The number of halogens is 3. The molecule has 3 rings (SSSR count). The van der Waals surface area contributed by atoms with Crippen LogP contribution in [0.25, 0.3) is 16.7 Å². The fourth-order valence-electron chi connectivity index (χ4n) is 4.36. The number of aliphatic carboxylic acids is 1. The molecular formula is C24H28F3N3O3. The quantitative estimate of drug-likeness (QED) is 0.477. The number of carboxylic acid groups (broad SMARTS) is 1. The van der Waals surface area contributed by atoms with Crippen LogP contribution in [0.3, 0.4) is 0 Å². The van der Waals surface area contributed by atoms with E-state index in [4.69, 9.17) is 5.11 Å². The average Bonchev–Trinajstić information content (AvgIpc) is 3.07. The predicted octanol–water partition coefficient (Wildman–Crippen LogP) is 5.88. The minimum Gasteiger partial charge on any atom is -0.505 e. The molecular weight excluding hydrogens is 435 g/mol. The third-order valence-corrected chi connectivity index (χ3v) is 5.40. The first kappa shape index (κ1) is 24.5. The molecule has 6 nitrogen and oxygen atoms in total. The molecule has 0 amide bonds. The number of phenols is 1. The van der Waals surface area contributed by atoms with Crippen LogP contribution in [0.1, 0.15) is 64.2 Å². The molecule has 0 atom stereocenters. The zero-order chi connectivity index (χ0) is 24.8. The lowest BCUT2D eigenvalue weighted by molar-refractivity contribution is -0.138. The molecule has 2 N–H and O–H groups in total. The molecule has 0 bridgehead atoms. The first-order chi connectivity index (χ1) is 15.1. The summed E-state index contributed by atoms with van der Waals surface area (Å²) in [4.78, 5) is 12.2. The summed E-state index contributed by atoms with van der Waals surface area (Å²) >= 11 is 0. The minimum absolute atomic E-state index is 0.0377. The molecule has 33 heavy (non-hydrogen) atoms. The summed E-state index contributed by atoms with van der Waals surface area (Å²) in [5.41, 5.74) is 0.372. The second-order valence-electron chi connectivity index (χ2n) is 10.2. The Kier molecular flexibility index (Phi) is 6.21. The Balaban J connectivity index is 2.17. The number of carbonyl (C=O) groups is 1. The lowest BCUT2D eigenvalue weighted by Crippen LogP contribution is -2.25. The van der Waals surface area contributed by atoms with Gasteiger partial charge in [-0.05, 0) is 53.5 Å². The number of benzene rings is 2. The van der Waals surface area contributed by atoms with E-state index in [1.54, 1.807) is 12.1 Å². The zero-order valence-corrected chi connectivity index (χ0v) is 19.3. The normalized spacial score (nSPS) is 13.0. The minimum atomic E-state index is -4.51. The smallest absolute Gasteiger partial charge is 0.416 e. The summed E-state index contributed by atoms with van der Waals surface area (Å²) in [5.74, 6) is -1.04. The van der Waals surface area contributed by atoms with Crippen LogP contribution in [-0.2, 0) is 22.8 Å². The Labute approximate surface area is 190 Å². The number of carboxylic acids is 1. The van der Waals surface area contributed by atoms with E-state index in [1.807, 2.05) is 13.8 Å². The molecule has 0 saturated heterocycles. The molecule has 3 aromatic rings. The number of nitrogens with zero attached hydrogens (tertiary/aromatic N) is 3. The fourth-order valence-corrected chi connectivity index (χ4v) is 4.36. The first-order valence-corrected chi connectivity index (χ1v) is 10.6. The van der Waals surface area contributed by atoms with Crippen LogP contribution in [0.5, 0.6) is 5.75 Å². The Morgan fingerprint density at radius 2 is 1.64 bits per heavy atom. The fraction of sp³-hybridized carbons (Fsp3) is 0.458. The summed E-state index contributed by atoms with van der Waals surface area (Å²) in [6, 6.07) is 6.45. The molecule has 0 aliphatic rings. The maximum atomic E-state index is 13.1. The van der Waals surface area contributed by atoms with Crippen LogP contribution in [0, 0.1) is 5.41 Å². The van der Waals surface area contributed by atoms with Gasteiger partial charge in [-0.2, -0.15) is 13.2 Å². The third-order valence-electron chi connectivity index (χ3n) is 5.40. The second-order valence-corrected chi connectivity index (χ2v) is 10.2. The summed E-state index contributed by atoms with van der Waals surface area (Å²) in [5, 5.41) is 28.7. The Morgan fingerprint density at radius 3 is 2.21 bits per heavy atom. The van der Waals surface area contributed by atoms with E-state index < -0.39 is 23.1 Å². The monoisotopic (exact) mass is 463 g/mol. The largest absolute Gasteiger partial charge is 0.505 e. The SMILES string of the molecule is CC(C)(C)CC(C)(C)c1cc(CCC(=O)O)cc(-n2nc3ccc(C(F)(F)F)cc3n2)c1O. The standard InChI is InChI=1S/C24H28F3N3O3/c1-22(2,3)13-23(4,5)16-10-14(6-9-20(31)32)11-19(21(16)33)30-28-17-8-7-15(24(25,26)27)12-18(17)29-30/h7-8,10-12,33H,6,9,13H2,1-5H3,(H,31,32). The number of phenolic OH excluding ortho intramolecular Hbond substituents is 1. The van der Waals surface area contributed by atoms with Crippen molar-refractivity contribution in [2.24, 2.45) is 5.41 Å². The lowest BCUT2D eigenvalue weighted by atomic mass is 9.71. The van der Waals surface area contributed by atoms with E-state index in [2.05, 4.69) is 31.0 Å². The van der Waals surface area contributed by atoms with Crippen LogP contribution in [0.15, 0.2) is 30.3 Å². The second kappa shape index (κ2) is 8.35. The van der Waals surface area contributed by atoms with Gasteiger partial charge in [-0.15, -0.1) is 15.0 Å². The van der Waals surface area contributed by atoms with E-state index in [0.29, 0.717) is 11.1 Å². The van der Waals surface area contributed by atoms with Gasteiger partial charge in [-0.1, -0.05) is 40.7 Å². The molecule has 0 fully saturated rings. The molecule has 0 aliphatic carbocycles. The molecule has 178 valence electrons. The molecule has 0 spiro atoms. The molecule has 0 radical (unpaired) electrons. The zero-order valence-electron chi connectivity index (χ0n) is 19.3. The van der Waals surface area contributed by atoms with E-state index in [0.717, 1.165) is 23.4 Å². The van der Waals surface area contributed by atoms with Gasteiger partial charge in [-0.25, -0.2) is 0 Å². The molecule has 0 saturated carbocycles. The Hall–Kier alpha value is -3.10. The van der Waals surface area contributed by atoms with Gasteiger partial charge >= 0.3 is 12.1 Å². The number of fused-ring (bicyclic) bond motifs is 1. The van der Waals surface area contributed by atoms with Crippen molar-refractivity contribution in [1.29, 1.82) is 0 Å². The van der Waals surface area contributed by atoms with Crippen molar-refractivity contribution in [3.05, 3.63) is 47.0 Å². The lowest BCUT2D eigenvalue weighted by Gasteiger charge is -2.34. The Morgan fingerprint density at radius 1 is 1.00 bits per heavy atom. The summed E-state index contributed by atoms with van der Waals surface area (Å²) in [6.45, 7) is 10.2. The van der Waals surface area contributed by atoms with Crippen molar-refractivity contribution in [1.82, 2.24) is 15.0 Å². The maximum absolute atomic E-state index is 13.1. The first-order valence-electron chi connectivity index (χ1n) is 10.6.